The van der Waals surface area contributed by atoms with E-state index in [9.17, 15) is 4.79 Å². The Morgan fingerprint density at radius 3 is 2.61 bits per heavy atom. The van der Waals surface area contributed by atoms with Gasteiger partial charge in [0.1, 0.15) is 0 Å². The summed E-state index contributed by atoms with van der Waals surface area (Å²) in [6.07, 6.45) is 4.87. The van der Waals surface area contributed by atoms with Crippen molar-refractivity contribution in [2.45, 2.75) is 19.3 Å². The van der Waals surface area contributed by atoms with E-state index in [2.05, 4.69) is 43.8 Å². The molecule has 0 saturated carbocycles. The summed E-state index contributed by atoms with van der Waals surface area (Å²) in [5.41, 5.74) is 4.62. The van der Waals surface area contributed by atoms with Crippen LogP contribution in [0.5, 0.6) is 0 Å². The van der Waals surface area contributed by atoms with Crippen molar-refractivity contribution in [1.82, 2.24) is 4.90 Å². The number of aryl methyl sites for hydroxylation is 1. The number of amides is 1. The predicted molar refractivity (Wildman–Crippen MR) is 117 cm³/mol. The summed E-state index contributed by atoms with van der Waals surface area (Å²) in [6.45, 7) is 7.25. The molecule has 3 atom stereocenters. The molecule has 0 spiro atoms. The molecule has 0 radical (unpaired) electrons. The van der Waals surface area contributed by atoms with E-state index in [1.54, 1.807) is 12.1 Å². The van der Waals surface area contributed by atoms with Crippen molar-refractivity contribution >= 4 is 34.7 Å². The number of rotatable bonds is 4. The quantitative estimate of drug-likeness (QED) is 0.553. The van der Waals surface area contributed by atoms with Crippen LogP contribution >= 0.6 is 23.2 Å². The average molecular weight is 412 g/mol. The molecule has 4 heteroatoms. The standard InChI is InChI=1S/C24H23Cl2NO/c1-3-10-27-14-17-11-22(19-9-8-18(25)12-23(19)26)20(13-21(17)24(27)28)16-6-4-15(2)5-7-16/h3-9,12-13,17,21-22H,1,10-11,14H2,2H3/t17-,21-,22?/m1/s1. The normalized spacial score (nSPS) is 24.1. The molecule has 1 amide bonds. The summed E-state index contributed by atoms with van der Waals surface area (Å²) in [6, 6.07) is 14.2. The van der Waals surface area contributed by atoms with E-state index >= 15 is 0 Å². The molecule has 0 aromatic heterocycles. The van der Waals surface area contributed by atoms with Gasteiger partial charge >= 0.3 is 0 Å². The molecule has 0 bridgehead atoms. The third-order valence-corrected chi connectivity index (χ3v) is 6.47. The monoisotopic (exact) mass is 411 g/mol. The fourth-order valence-corrected chi connectivity index (χ4v) is 5.05. The fourth-order valence-electron chi connectivity index (χ4n) is 4.51. The highest BCUT2D eigenvalue weighted by Crippen LogP contribution is 2.48. The van der Waals surface area contributed by atoms with Crippen LogP contribution in [0.4, 0.5) is 0 Å². The maximum absolute atomic E-state index is 12.9. The van der Waals surface area contributed by atoms with Crippen molar-refractivity contribution < 1.29 is 4.79 Å². The highest BCUT2D eigenvalue weighted by atomic mass is 35.5. The molecule has 28 heavy (non-hydrogen) atoms. The number of carbonyl (C=O) groups is 1. The molecule has 1 aliphatic carbocycles. The summed E-state index contributed by atoms with van der Waals surface area (Å²) in [7, 11) is 0. The molecule has 1 fully saturated rings. The Hall–Kier alpha value is -2.03. The van der Waals surface area contributed by atoms with Gasteiger partial charge in [0.25, 0.3) is 0 Å². The third-order valence-electron chi connectivity index (χ3n) is 5.90. The lowest BCUT2D eigenvalue weighted by Gasteiger charge is -2.31. The lowest BCUT2D eigenvalue weighted by molar-refractivity contribution is -0.129. The van der Waals surface area contributed by atoms with Gasteiger partial charge in [0, 0.05) is 29.1 Å². The molecular weight excluding hydrogens is 389 g/mol. The molecule has 2 aliphatic rings. The summed E-state index contributed by atoms with van der Waals surface area (Å²) < 4.78 is 0. The Morgan fingerprint density at radius 2 is 1.93 bits per heavy atom. The van der Waals surface area contributed by atoms with Crippen LogP contribution in [0.25, 0.3) is 5.57 Å². The summed E-state index contributed by atoms with van der Waals surface area (Å²) >= 11 is 12.7. The number of hydrogen-bond donors (Lipinski definition) is 0. The van der Waals surface area contributed by atoms with E-state index in [1.807, 2.05) is 17.0 Å². The molecule has 2 aromatic rings. The minimum atomic E-state index is -0.0708. The van der Waals surface area contributed by atoms with E-state index in [4.69, 9.17) is 23.2 Å². The minimum Gasteiger partial charge on any atom is -0.338 e. The van der Waals surface area contributed by atoms with Crippen molar-refractivity contribution in [2.24, 2.45) is 11.8 Å². The Labute approximate surface area is 176 Å². The van der Waals surface area contributed by atoms with Crippen LogP contribution in [0.15, 0.2) is 61.2 Å². The van der Waals surface area contributed by atoms with E-state index in [0.29, 0.717) is 22.5 Å². The van der Waals surface area contributed by atoms with Crippen molar-refractivity contribution in [3.05, 3.63) is 87.9 Å². The van der Waals surface area contributed by atoms with E-state index in [0.717, 1.165) is 24.1 Å². The van der Waals surface area contributed by atoms with Crippen LogP contribution in [0.2, 0.25) is 10.0 Å². The van der Waals surface area contributed by atoms with Gasteiger partial charge in [0.2, 0.25) is 5.91 Å². The van der Waals surface area contributed by atoms with Crippen LogP contribution in [0.1, 0.15) is 29.0 Å². The summed E-state index contributed by atoms with van der Waals surface area (Å²) in [5.74, 6) is 0.567. The maximum Gasteiger partial charge on any atom is 0.230 e. The van der Waals surface area contributed by atoms with E-state index < -0.39 is 0 Å². The van der Waals surface area contributed by atoms with Gasteiger partial charge in [-0.2, -0.15) is 0 Å². The Morgan fingerprint density at radius 1 is 1.18 bits per heavy atom. The first kappa shape index (κ1) is 19.3. The number of hydrogen-bond acceptors (Lipinski definition) is 1. The van der Waals surface area contributed by atoms with Crippen LogP contribution in [0, 0.1) is 18.8 Å². The van der Waals surface area contributed by atoms with Crippen LogP contribution in [0.3, 0.4) is 0 Å². The van der Waals surface area contributed by atoms with E-state index in [1.165, 1.54) is 11.1 Å². The number of fused-ring (bicyclic) bond motifs is 1. The second kappa shape index (κ2) is 7.77. The zero-order valence-corrected chi connectivity index (χ0v) is 17.4. The molecule has 1 unspecified atom stereocenters. The minimum absolute atomic E-state index is 0.0708. The maximum atomic E-state index is 12.9. The molecular formula is C24H23Cl2NO. The van der Waals surface area contributed by atoms with Crippen molar-refractivity contribution in [3.8, 4) is 0 Å². The molecule has 1 aliphatic heterocycles. The van der Waals surface area contributed by atoms with Gasteiger partial charge < -0.3 is 4.90 Å². The zero-order valence-electron chi connectivity index (χ0n) is 15.9. The number of allylic oxidation sites excluding steroid dienone is 1. The summed E-state index contributed by atoms with van der Waals surface area (Å²) in [5, 5.41) is 1.32. The second-order valence-corrected chi connectivity index (χ2v) is 8.60. The van der Waals surface area contributed by atoms with Crippen molar-refractivity contribution in [3.63, 3.8) is 0 Å². The SMILES string of the molecule is C=CCN1C[C@H]2CC(c3ccc(Cl)cc3Cl)C(c3ccc(C)cc3)=C[C@H]2C1=O. The molecule has 1 heterocycles. The Bertz CT molecular complexity index is 948. The molecule has 2 nitrogen and oxygen atoms in total. The van der Waals surface area contributed by atoms with Crippen molar-refractivity contribution in [2.75, 3.05) is 13.1 Å². The third kappa shape index (κ3) is 3.52. The smallest absolute Gasteiger partial charge is 0.230 e. The predicted octanol–water partition coefficient (Wildman–Crippen LogP) is 6.13. The van der Waals surface area contributed by atoms with Gasteiger partial charge in [-0.3, -0.25) is 4.79 Å². The molecule has 0 N–H and O–H groups in total. The zero-order chi connectivity index (χ0) is 19.8. The average Bonchev–Trinajstić information content (AvgIpc) is 2.97. The topological polar surface area (TPSA) is 20.3 Å². The lowest BCUT2D eigenvalue weighted by Crippen LogP contribution is -2.27. The van der Waals surface area contributed by atoms with E-state index in [-0.39, 0.29) is 17.7 Å². The lowest BCUT2D eigenvalue weighted by atomic mass is 9.71. The molecule has 144 valence electrons. The van der Waals surface area contributed by atoms with Crippen LogP contribution in [-0.4, -0.2) is 23.9 Å². The van der Waals surface area contributed by atoms with Gasteiger partial charge in [0.15, 0.2) is 0 Å². The number of halogens is 2. The van der Waals surface area contributed by atoms with Gasteiger partial charge in [-0.1, -0.05) is 71.2 Å². The van der Waals surface area contributed by atoms with Crippen molar-refractivity contribution in [1.29, 1.82) is 0 Å². The Balaban J connectivity index is 1.79. The van der Waals surface area contributed by atoms with Gasteiger partial charge in [-0.05, 0) is 48.1 Å². The molecule has 2 aromatic carbocycles. The number of carbonyl (C=O) groups excluding carboxylic acids is 1. The highest BCUT2D eigenvalue weighted by molar-refractivity contribution is 6.35. The van der Waals surface area contributed by atoms with Gasteiger partial charge in [-0.25, -0.2) is 0 Å². The highest BCUT2D eigenvalue weighted by Gasteiger charge is 2.43. The number of benzene rings is 2. The first-order valence-electron chi connectivity index (χ1n) is 9.61. The molecule has 1 saturated heterocycles. The summed E-state index contributed by atoms with van der Waals surface area (Å²) in [4.78, 5) is 14.8. The number of likely N-dealkylation sites (tertiary alicyclic amines) is 1. The fraction of sp³-hybridized carbons (Fsp3) is 0.292. The Kier molecular flexibility index (Phi) is 5.35. The van der Waals surface area contributed by atoms with Crippen LogP contribution in [-0.2, 0) is 4.79 Å². The van der Waals surface area contributed by atoms with Gasteiger partial charge in [-0.15, -0.1) is 6.58 Å². The first-order chi connectivity index (χ1) is 13.5. The number of nitrogens with zero attached hydrogens (tertiary/aromatic N) is 1. The van der Waals surface area contributed by atoms with Crippen LogP contribution < -0.4 is 0 Å². The second-order valence-electron chi connectivity index (χ2n) is 7.76. The largest absolute Gasteiger partial charge is 0.338 e. The van der Waals surface area contributed by atoms with Gasteiger partial charge in [0.05, 0.1) is 5.92 Å². The molecule has 4 rings (SSSR count). The first-order valence-corrected chi connectivity index (χ1v) is 10.4.